The number of halogens is 3. The SMILES string of the molecule is COc1ccc(C(=O)NCc2nnc(SCC(=O)Nc3ccc(Br)cc3)n2-c2ccc(Cl)c(Cl)c2)cc1. The Labute approximate surface area is 235 Å². The van der Waals surface area contributed by atoms with Crippen molar-refractivity contribution in [2.45, 2.75) is 11.7 Å². The van der Waals surface area contributed by atoms with Gasteiger partial charge < -0.3 is 15.4 Å². The Morgan fingerprint density at radius 2 is 1.73 bits per heavy atom. The number of benzene rings is 3. The van der Waals surface area contributed by atoms with Gasteiger partial charge in [0, 0.05) is 15.7 Å². The molecule has 8 nitrogen and oxygen atoms in total. The van der Waals surface area contributed by atoms with E-state index < -0.39 is 0 Å². The molecule has 0 atom stereocenters. The first-order chi connectivity index (χ1) is 17.8. The normalized spacial score (nSPS) is 10.7. The van der Waals surface area contributed by atoms with Crippen LogP contribution in [0.5, 0.6) is 5.75 Å². The van der Waals surface area contributed by atoms with Crippen molar-refractivity contribution >= 4 is 68.4 Å². The van der Waals surface area contributed by atoms with Crippen molar-refractivity contribution in [2.75, 3.05) is 18.2 Å². The average Bonchev–Trinajstić information content (AvgIpc) is 3.31. The maximum Gasteiger partial charge on any atom is 0.251 e. The Bertz CT molecular complexity index is 1420. The molecule has 4 rings (SSSR count). The zero-order valence-corrected chi connectivity index (χ0v) is 23.3. The molecule has 1 aromatic heterocycles. The minimum atomic E-state index is -0.283. The number of aromatic nitrogens is 3. The highest BCUT2D eigenvalue weighted by atomic mass is 79.9. The van der Waals surface area contributed by atoms with Gasteiger partial charge in [0.15, 0.2) is 11.0 Å². The van der Waals surface area contributed by atoms with Gasteiger partial charge in [-0.1, -0.05) is 50.9 Å². The summed E-state index contributed by atoms with van der Waals surface area (Å²) in [6.45, 7) is 0.0871. The zero-order valence-electron chi connectivity index (χ0n) is 19.4. The predicted molar refractivity (Wildman–Crippen MR) is 149 cm³/mol. The molecule has 0 fully saturated rings. The number of hydrogen-bond acceptors (Lipinski definition) is 6. The maximum atomic E-state index is 12.7. The lowest BCUT2D eigenvalue weighted by Crippen LogP contribution is -2.24. The molecule has 3 aromatic carbocycles. The van der Waals surface area contributed by atoms with E-state index in [1.165, 1.54) is 11.8 Å². The number of carbonyl (C=O) groups excluding carboxylic acids is 2. The van der Waals surface area contributed by atoms with E-state index in [1.54, 1.807) is 66.3 Å². The van der Waals surface area contributed by atoms with Crippen molar-refractivity contribution < 1.29 is 14.3 Å². The Morgan fingerprint density at radius 1 is 1.00 bits per heavy atom. The third-order valence-corrected chi connectivity index (χ3v) is 7.28. The van der Waals surface area contributed by atoms with E-state index in [4.69, 9.17) is 27.9 Å². The maximum absolute atomic E-state index is 12.7. The molecule has 0 saturated heterocycles. The van der Waals surface area contributed by atoms with E-state index in [0.29, 0.717) is 43.7 Å². The number of nitrogens with one attached hydrogen (secondary N) is 2. The van der Waals surface area contributed by atoms with Gasteiger partial charge in [0.05, 0.1) is 35.1 Å². The minimum absolute atomic E-state index is 0.0871. The Balaban J connectivity index is 1.51. The van der Waals surface area contributed by atoms with Gasteiger partial charge >= 0.3 is 0 Å². The van der Waals surface area contributed by atoms with Crippen LogP contribution in [0.2, 0.25) is 10.0 Å². The van der Waals surface area contributed by atoms with Crippen molar-refractivity contribution in [1.29, 1.82) is 0 Å². The molecule has 37 heavy (non-hydrogen) atoms. The molecule has 0 aliphatic carbocycles. The largest absolute Gasteiger partial charge is 0.497 e. The van der Waals surface area contributed by atoms with Crippen LogP contribution in [-0.4, -0.2) is 39.4 Å². The van der Waals surface area contributed by atoms with Gasteiger partial charge in [-0.3, -0.25) is 14.2 Å². The fraction of sp³-hybridized carbons (Fsp3) is 0.120. The second kappa shape index (κ2) is 12.5. The number of methoxy groups -OCH3 is 1. The molecule has 0 saturated carbocycles. The number of amides is 2. The summed E-state index contributed by atoms with van der Waals surface area (Å²) >= 11 is 16.9. The molecule has 2 N–H and O–H groups in total. The third-order valence-electron chi connectivity index (χ3n) is 5.08. The lowest BCUT2D eigenvalue weighted by Gasteiger charge is -2.12. The van der Waals surface area contributed by atoms with Gasteiger partial charge in [-0.15, -0.1) is 10.2 Å². The van der Waals surface area contributed by atoms with Crippen molar-refractivity contribution in [3.8, 4) is 11.4 Å². The second-order valence-electron chi connectivity index (χ2n) is 7.59. The first kappa shape index (κ1) is 27.0. The third kappa shape index (κ3) is 7.04. The molecule has 1 heterocycles. The summed E-state index contributed by atoms with van der Waals surface area (Å²) in [6.07, 6.45) is 0. The van der Waals surface area contributed by atoms with Crippen molar-refractivity contribution in [2.24, 2.45) is 0 Å². The molecular weight excluding hydrogens is 601 g/mol. The lowest BCUT2D eigenvalue weighted by molar-refractivity contribution is -0.113. The topological polar surface area (TPSA) is 98.1 Å². The number of ether oxygens (including phenoxy) is 1. The molecule has 0 spiro atoms. The number of nitrogens with zero attached hydrogens (tertiary/aromatic N) is 3. The number of thioether (sulfide) groups is 1. The van der Waals surface area contributed by atoms with Crippen molar-refractivity contribution in [3.05, 3.63) is 92.6 Å². The fourth-order valence-corrected chi connectivity index (χ4v) is 4.58. The summed E-state index contributed by atoms with van der Waals surface area (Å²) in [7, 11) is 1.56. The van der Waals surface area contributed by atoms with Crippen LogP contribution in [0.4, 0.5) is 5.69 Å². The van der Waals surface area contributed by atoms with E-state index in [0.717, 1.165) is 4.47 Å². The molecule has 190 valence electrons. The molecule has 0 unspecified atom stereocenters. The van der Waals surface area contributed by atoms with Crippen molar-refractivity contribution in [1.82, 2.24) is 20.1 Å². The highest BCUT2D eigenvalue weighted by molar-refractivity contribution is 9.10. The second-order valence-corrected chi connectivity index (χ2v) is 10.3. The molecule has 0 radical (unpaired) electrons. The quantitative estimate of drug-likeness (QED) is 0.223. The minimum Gasteiger partial charge on any atom is -0.497 e. The first-order valence-corrected chi connectivity index (χ1v) is 13.4. The highest BCUT2D eigenvalue weighted by Gasteiger charge is 2.18. The van der Waals surface area contributed by atoms with E-state index in [-0.39, 0.29) is 24.1 Å². The number of hydrogen-bond donors (Lipinski definition) is 2. The Hall–Kier alpha value is -3.05. The van der Waals surface area contributed by atoms with Gasteiger partial charge in [0.1, 0.15) is 5.75 Å². The molecule has 0 aliphatic heterocycles. The van der Waals surface area contributed by atoms with Crippen LogP contribution >= 0.6 is 50.9 Å². The van der Waals surface area contributed by atoms with Gasteiger partial charge in [-0.2, -0.15) is 0 Å². The van der Waals surface area contributed by atoms with E-state index in [9.17, 15) is 9.59 Å². The first-order valence-electron chi connectivity index (χ1n) is 10.8. The van der Waals surface area contributed by atoms with Crippen LogP contribution in [0.25, 0.3) is 5.69 Å². The number of carbonyl (C=O) groups is 2. The van der Waals surface area contributed by atoms with E-state index >= 15 is 0 Å². The van der Waals surface area contributed by atoms with Crippen molar-refractivity contribution in [3.63, 3.8) is 0 Å². The van der Waals surface area contributed by atoms with Crippen LogP contribution < -0.4 is 15.4 Å². The average molecular weight is 621 g/mol. The monoisotopic (exact) mass is 619 g/mol. The summed E-state index contributed by atoms with van der Waals surface area (Å²) in [5.41, 5.74) is 1.80. The predicted octanol–water partition coefficient (Wildman–Crippen LogP) is 6.01. The lowest BCUT2D eigenvalue weighted by atomic mass is 10.2. The summed E-state index contributed by atoms with van der Waals surface area (Å²) < 4.78 is 7.78. The molecular formula is C25H20BrCl2N5O3S. The van der Waals surface area contributed by atoms with E-state index in [2.05, 4.69) is 36.8 Å². The van der Waals surface area contributed by atoms with Gasteiger partial charge in [0.2, 0.25) is 5.91 Å². The number of rotatable bonds is 9. The summed E-state index contributed by atoms with van der Waals surface area (Å²) in [4.78, 5) is 25.2. The smallest absolute Gasteiger partial charge is 0.251 e. The zero-order chi connectivity index (χ0) is 26.4. The van der Waals surface area contributed by atoms with Crippen LogP contribution in [-0.2, 0) is 11.3 Å². The van der Waals surface area contributed by atoms with Gasteiger partial charge in [-0.25, -0.2) is 0 Å². The van der Waals surface area contributed by atoms with Crippen LogP contribution in [0, 0.1) is 0 Å². The van der Waals surface area contributed by atoms with Crippen LogP contribution in [0.3, 0.4) is 0 Å². The molecule has 2 amide bonds. The van der Waals surface area contributed by atoms with Gasteiger partial charge in [-0.05, 0) is 66.7 Å². The molecule has 0 aliphatic rings. The van der Waals surface area contributed by atoms with Crippen LogP contribution in [0.15, 0.2) is 76.4 Å². The van der Waals surface area contributed by atoms with E-state index in [1.807, 2.05) is 12.1 Å². The van der Waals surface area contributed by atoms with Gasteiger partial charge in [0.25, 0.3) is 5.91 Å². The molecule has 4 aromatic rings. The van der Waals surface area contributed by atoms with Crippen LogP contribution in [0.1, 0.15) is 16.2 Å². The molecule has 12 heteroatoms. The fourth-order valence-electron chi connectivity index (χ4n) is 3.26. The Morgan fingerprint density at radius 3 is 2.41 bits per heavy atom. The highest BCUT2D eigenvalue weighted by Crippen LogP contribution is 2.28. The number of anilines is 1. The summed E-state index contributed by atoms with van der Waals surface area (Å²) in [5.74, 6) is 0.714. The standard InChI is InChI=1S/C25H20BrCl2N5O3S/c1-36-19-9-2-15(3-10-19)24(35)29-13-22-31-32-25(33(22)18-8-11-20(27)21(28)12-18)37-14-23(34)30-17-6-4-16(26)5-7-17/h2-12H,13-14H2,1H3,(H,29,35)(H,30,34). The summed E-state index contributed by atoms with van der Waals surface area (Å²) in [5, 5.41) is 15.4. The summed E-state index contributed by atoms with van der Waals surface area (Å²) in [6, 6.07) is 19.1. The molecule has 0 bridgehead atoms. The Kier molecular flexibility index (Phi) is 9.09.